The molecule has 0 N–H and O–H groups in total. The molecule has 3 aromatic carbocycles. The van der Waals surface area contributed by atoms with Crippen LogP contribution in [0.25, 0.3) is 10.8 Å². The number of methoxy groups -OCH3 is 1. The lowest BCUT2D eigenvalue weighted by Gasteiger charge is -2.17. The van der Waals surface area contributed by atoms with Crippen LogP contribution in [0.3, 0.4) is 0 Å². The van der Waals surface area contributed by atoms with E-state index >= 15 is 0 Å². The molecule has 1 atom stereocenters. The zero-order valence-corrected chi connectivity index (χ0v) is 19.2. The highest BCUT2D eigenvalue weighted by Gasteiger charge is 2.37. The maximum Gasteiger partial charge on any atom is 0.242 e. The van der Waals surface area contributed by atoms with Gasteiger partial charge in [0.05, 0.1) is 25.1 Å². The molecule has 0 bridgehead atoms. The molecule has 0 saturated carbocycles. The number of carbonyl (C=O) groups excluding carboxylic acids is 1. The minimum Gasteiger partial charge on any atom is -0.496 e. The Bertz CT molecular complexity index is 1150. The van der Waals surface area contributed by atoms with Gasteiger partial charge < -0.3 is 4.74 Å². The van der Waals surface area contributed by atoms with Crippen molar-refractivity contribution in [3.05, 3.63) is 77.9 Å². The first-order valence-electron chi connectivity index (χ1n) is 10.9. The first kappa shape index (κ1) is 22.1. The monoisotopic (exact) mass is 445 g/mol. The number of hydrogen-bond acceptors (Lipinski definition) is 5. The Morgan fingerprint density at radius 3 is 2.69 bits per heavy atom. The number of benzene rings is 3. The Labute approximate surface area is 193 Å². The lowest BCUT2D eigenvalue weighted by atomic mass is 10.0. The van der Waals surface area contributed by atoms with Gasteiger partial charge in [-0.3, -0.25) is 9.69 Å². The zero-order valence-electron chi connectivity index (χ0n) is 18.4. The molecule has 5 nitrogen and oxygen atoms in total. The van der Waals surface area contributed by atoms with Crippen molar-refractivity contribution >= 4 is 39.8 Å². The first-order valence-corrected chi connectivity index (χ1v) is 11.8. The van der Waals surface area contributed by atoms with Gasteiger partial charge in [0.15, 0.2) is 5.17 Å². The number of amides is 1. The smallest absolute Gasteiger partial charge is 0.242 e. The zero-order chi connectivity index (χ0) is 22.3. The van der Waals surface area contributed by atoms with Crippen molar-refractivity contribution in [1.29, 1.82) is 0 Å². The number of rotatable bonds is 8. The molecule has 1 aliphatic rings. The number of ether oxygens (including phenoxy) is 1. The number of para-hydroxylation sites is 1. The van der Waals surface area contributed by atoms with Crippen LogP contribution in [0.2, 0.25) is 0 Å². The molecule has 0 aliphatic carbocycles. The van der Waals surface area contributed by atoms with E-state index in [1.165, 1.54) is 17.1 Å². The van der Waals surface area contributed by atoms with E-state index in [2.05, 4.69) is 41.4 Å². The average Bonchev–Trinajstić information content (AvgIpc) is 3.12. The SMILES string of the molecule is CCCCC1S/C(=N\N=C\c2ccccc2OC)N(Cc2cccc3ccccc23)C1=O. The third-order valence-electron chi connectivity index (χ3n) is 5.53. The fraction of sp³-hybridized carbons (Fsp3) is 0.269. The van der Waals surface area contributed by atoms with Gasteiger partial charge in [0.1, 0.15) is 5.75 Å². The van der Waals surface area contributed by atoms with Crippen LogP contribution in [-0.2, 0) is 11.3 Å². The van der Waals surface area contributed by atoms with Crippen LogP contribution in [0.5, 0.6) is 5.75 Å². The van der Waals surface area contributed by atoms with Gasteiger partial charge in [-0.1, -0.05) is 86.1 Å². The predicted octanol–water partition coefficient (Wildman–Crippen LogP) is 5.87. The lowest BCUT2D eigenvalue weighted by molar-refractivity contribution is -0.126. The van der Waals surface area contributed by atoms with Crippen molar-refractivity contribution < 1.29 is 9.53 Å². The van der Waals surface area contributed by atoms with E-state index in [0.717, 1.165) is 41.5 Å². The Kier molecular flexibility index (Phi) is 7.22. The average molecular weight is 446 g/mol. The fourth-order valence-corrected chi connectivity index (χ4v) is 4.96. The molecule has 0 aromatic heterocycles. The van der Waals surface area contributed by atoms with Crippen molar-refractivity contribution in [2.24, 2.45) is 10.2 Å². The number of unbranched alkanes of at least 4 members (excludes halogenated alkanes) is 1. The van der Waals surface area contributed by atoms with Crippen molar-refractivity contribution in [3.8, 4) is 5.75 Å². The van der Waals surface area contributed by atoms with E-state index in [-0.39, 0.29) is 11.2 Å². The Hall–Kier alpha value is -3.12. The molecule has 3 aromatic rings. The van der Waals surface area contributed by atoms with E-state index in [9.17, 15) is 4.79 Å². The van der Waals surface area contributed by atoms with Crippen LogP contribution in [0.4, 0.5) is 0 Å². The molecule has 1 unspecified atom stereocenters. The van der Waals surface area contributed by atoms with Gasteiger partial charge in [-0.25, -0.2) is 0 Å². The van der Waals surface area contributed by atoms with Crippen LogP contribution < -0.4 is 4.74 Å². The van der Waals surface area contributed by atoms with Gasteiger partial charge in [0.25, 0.3) is 0 Å². The Morgan fingerprint density at radius 1 is 1.06 bits per heavy atom. The number of nitrogens with zero attached hydrogens (tertiary/aromatic N) is 3. The van der Waals surface area contributed by atoms with Gasteiger partial charge in [-0.15, -0.1) is 5.10 Å². The molecule has 1 amide bonds. The molecule has 0 radical (unpaired) electrons. The quantitative estimate of drug-likeness (QED) is 0.322. The second-order valence-corrected chi connectivity index (χ2v) is 8.85. The van der Waals surface area contributed by atoms with Gasteiger partial charge in [-0.2, -0.15) is 5.10 Å². The maximum atomic E-state index is 13.2. The minimum absolute atomic E-state index is 0.106. The topological polar surface area (TPSA) is 54.3 Å². The predicted molar refractivity (Wildman–Crippen MR) is 133 cm³/mol. The molecule has 0 spiro atoms. The van der Waals surface area contributed by atoms with Gasteiger partial charge in [-0.05, 0) is 34.9 Å². The summed E-state index contributed by atoms with van der Waals surface area (Å²) in [7, 11) is 1.63. The largest absolute Gasteiger partial charge is 0.496 e. The van der Waals surface area contributed by atoms with E-state index in [4.69, 9.17) is 4.74 Å². The van der Waals surface area contributed by atoms with Crippen LogP contribution in [0, 0.1) is 0 Å². The highest BCUT2D eigenvalue weighted by molar-refractivity contribution is 8.15. The van der Waals surface area contributed by atoms with Gasteiger partial charge >= 0.3 is 0 Å². The number of hydrogen-bond donors (Lipinski definition) is 0. The van der Waals surface area contributed by atoms with Crippen LogP contribution >= 0.6 is 11.8 Å². The standard InChI is InChI=1S/C26H27N3O2S/c1-3-4-16-24-25(30)29(18-21-13-9-12-19-10-5-7-14-22(19)21)26(32-24)28-27-17-20-11-6-8-15-23(20)31-2/h5-15,17,24H,3-4,16,18H2,1-2H3/b27-17+,28-26-. The summed E-state index contributed by atoms with van der Waals surface area (Å²) in [5, 5.41) is 11.6. The number of amidine groups is 1. The molecular formula is C26H27N3O2S. The second-order valence-electron chi connectivity index (χ2n) is 7.68. The Morgan fingerprint density at radius 2 is 1.84 bits per heavy atom. The van der Waals surface area contributed by atoms with Gasteiger partial charge in [0, 0.05) is 5.56 Å². The molecular weight excluding hydrogens is 418 g/mol. The summed E-state index contributed by atoms with van der Waals surface area (Å²) in [6.07, 6.45) is 4.60. The van der Waals surface area contributed by atoms with Crippen LogP contribution in [0.1, 0.15) is 37.3 Å². The first-order chi connectivity index (χ1) is 15.7. The number of fused-ring (bicyclic) bond motifs is 1. The van der Waals surface area contributed by atoms with Gasteiger partial charge in [0.2, 0.25) is 5.91 Å². The molecule has 4 rings (SSSR count). The third kappa shape index (κ3) is 4.86. The second kappa shape index (κ2) is 10.5. The summed E-state index contributed by atoms with van der Waals surface area (Å²) < 4.78 is 5.38. The molecule has 6 heteroatoms. The molecule has 1 saturated heterocycles. The summed E-state index contributed by atoms with van der Waals surface area (Å²) in [6.45, 7) is 2.63. The molecule has 1 fully saturated rings. The van der Waals surface area contributed by atoms with Crippen LogP contribution in [0.15, 0.2) is 76.9 Å². The minimum atomic E-state index is -0.106. The molecule has 32 heavy (non-hydrogen) atoms. The van der Waals surface area contributed by atoms with Crippen molar-refractivity contribution in [1.82, 2.24) is 4.90 Å². The highest BCUT2D eigenvalue weighted by atomic mass is 32.2. The van der Waals surface area contributed by atoms with E-state index in [1.807, 2.05) is 42.5 Å². The van der Waals surface area contributed by atoms with Crippen molar-refractivity contribution in [2.45, 2.75) is 38.0 Å². The lowest BCUT2D eigenvalue weighted by Crippen LogP contribution is -2.31. The van der Waals surface area contributed by atoms with E-state index in [0.29, 0.717) is 11.7 Å². The third-order valence-corrected chi connectivity index (χ3v) is 6.76. The highest BCUT2D eigenvalue weighted by Crippen LogP contribution is 2.33. The summed E-state index contributed by atoms with van der Waals surface area (Å²) in [5.41, 5.74) is 1.95. The summed E-state index contributed by atoms with van der Waals surface area (Å²) >= 11 is 1.52. The molecule has 164 valence electrons. The van der Waals surface area contributed by atoms with Crippen molar-refractivity contribution in [2.75, 3.05) is 7.11 Å². The number of thioether (sulfide) groups is 1. The van der Waals surface area contributed by atoms with E-state index < -0.39 is 0 Å². The maximum absolute atomic E-state index is 13.2. The Balaban J connectivity index is 1.63. The van der Waals surface area contributed by atoms with E-state index in [1.54, 1.807) is 18.2 Å². The van der Waals surface area contributed by atoms with Crippen molar-refractivity contribution in [3.63, 3.8) is 0 Å². The molecule has 1 heterocycles. The normalized spacial score (nSPS) is 17.7. The molecule has 1 aliphatic heterocycles. The summed E-state index contributed by atoms with van der Waals surface area (Å²) in [6, 6.07) is 22.1. The summed E-state index contributed by atoms with van der Waals surface area (Å²) in [5.74, 6) is 0.850. The fourth-order valence-electron chi connectivity index (χ4n) is 3.82. The number of carbonyl (C=O) groups is 1. The van der Waals surface area contributed by atoms with Crippen LogP contribution in [-0.4, -0.2) is 34.5 Å². The summed E-state index contributed by atoms with van der Waals surface area (Å²) in [4.78, 5) is 15.0.